The molecule has 0 radical (unpaired) electrons. The van der Waals surface area contributed by atoms with E-state index < -0.39 is 5.97 Å². The van der Waals surface area contributed by atoms with Gasteiger partial charge in [-0.1, -0.05) is 54.6 Å². The van der Waals surface area contributed by atoms with Gasteiger partial charge in [0.2, 0.25) is 0 Å². The summed E-state index contributed by atoms with van der Waals surface area (Å²) in [6.45, 7) is 0. The quantitative estimate of drug-likeness (QED) is 0.888. The fourth-order valence-corrected chi connectivity index (χ4v) is 2.51. The summed E-state index contributed by atoms with van der Waals surface area (Å²) >= 11 is 0. The lowest BCUT2D eigenvalue weighted by molar-refractivity contribution is -0.138. The molecule has 2 aromatic rings. The van der Waals surface area contributed by atoms with Gasteiger partial charge < -0.3 is 5.11 Å². The molecular formula is C16H14O2. The summed E-state index contributed by atoms with van der Waals surface area (Å²) in [5.74, 6) is -0.698. The van der Waals surface area contributed by atoms with Gasteiger partial charge >= 0.3 is 5.97 Å². The lowest BCUT2D eigenvalue weighted by Gasteiger charge is -2.08. The van der Waals surface area contributed by atoms with Gasteiger partial charge in [-0.2, -0.15) is 0 Å². The number of rotatable bonds is 3. The molecule has 2 atom stereocenters. The SMILES string of the molecule is O=C(O)C1CC1c1ccccc1-c1ccccc1. The molecular weight excluding hydrogens is 224 g/mol. The molecule has 3 rings (SSSR count). The lowest BCUT2D eigenvalue weighted by Crippen LogP contribution is -1.99. The Kier molecular flexibility index (Phi) is 2.63. The van der Waals surface area contributed by atoms with Gasteiger partial charge in [-0.05, 0) is 29.0 Å². The van der Waals surface area contributed by atoms with Crippen molar-refractivity contribution in [3.63, 3.8) is 0 Å². The van der Waals surface area contributed by atoms with Crippen molar-refractivity contribution < 1.29 is 9.90 Å². The molecule has 90 valence electrons. The van der Waals surface area contributed by atoms with Gasteiger partial charge in [-0.25, -0.2) is 0 Å². The third-order valence-electron chi connectivity index (χ3n) is 3.55. The average molecular weight is 238 g/mol. The molecule has 2 unspecified atom stereocenters. The molecule has 2 nitrogen and oxygen atoms in total. The number of carboxylic acid groups (broad SMARTS) is 1. The first-order valence-corrected chi connectivity index (χ1v) is 6.14. The molecule has 0 aliphatic heterocycles. The zero-order chi connectivity index (χ0) is 12.5. The standard InChI is InChI=1S/C16H14O2/c17-16(18)15-10-14(15)13-9-5-4-8-12(13)11-6-2-1-3-7-11/h1-9,14-15H,10H2,(H,17,18). The minimum absolute atomic E-state index is 0.180. The van der Waals surface area contributed by atoms with E-state index in [-0.39, 0.29) is 11.8 Å². The van der Waals surface area contributed by atoms with Crippen LogP contribution >= 0.6 is 0 Å². The average Bonchev–Trinajstić information content (AvgIpc) is 3.20. The van der Waals surface area contributed by atoms with Crippen LogP contribution in [0.2, 0.25) is 0 Å². The summed E-state index contributed by atoms with van der Waals surface area (Å²) in [6.07, 6.45) is 0.763. The second kappa shape index (κ2) is 4.30. The van der Waals surface area contributed by atoms with Gasteiger partial charge in [0.1, 0.15) is 0 Å². The van der Waals surface area contributed by atoms with Crippen molar-refractivity contribution in [2.75, 3.05) is 0 Å². The summed E-state index contributed by atoms with van der Waals surface area (Å²) in [5.41, 5.74) is 3.48. The van der Waals surface area contributed by atoms with Crippen LogP contribution in [0.1, 0.15) is 17.9 Å². The van der Waals surface area contributed by atoms with Crippen LogP contribution in [-0.2, 0) is 4.79 Å². The van der Waals surface area contributed by atoms with Crippen molar-refractivity contribution >= 4 is 5.97 Å². The Morgan fingerprint density at radius 3 is 2.33 bits per heavy atom. The first-order chi connectivity index (χ1) is 8.77. The van der Waals surface area contributed by atoms with E-state index in [1.165, 1.54) is 0 Å². The summed E-state index contributed by atoms with van der Waals surface area (Å²) in [4.78, 5) is 11.0. The minimum atomic E-state index is -0.678. The Bertz CT molecular complexity index is 575. The normalized spacial score (nSPS) is 21.6. The number of hydrogen-bond acceptors (Lipinski definition) is 1. The predicted octanol–water partition coefficient (Wildman–Crippen LogP) is 3.54. The van der Waals surface area contributed by atoms with Crippen LogP contribution in [-0.4, -0.2) is 11.1 Å². The lowest BCUT2D eigenvalue weighted by atomic mass is 9.96. The molecule has 1 aliphatic carbocycles. The second-order valence-corrected chi connectivity index (χ2v) is 4.74. The van der Waals surface area contributed by atoms with E-state index >= 15 is 0 Å². The molecule has 2 aromatic carbocycles. The monoisotopic (exact) mass is 238 g/mol. The third-order valence-corrected chi connectivity index (χ3v) is 3.55. The number of aliphatic carboxylic acids is 1. The molecule has 18 heavy (non-hydrogen) atoms. The summed E-state index contributed by atoms with van der Waals surface area (Å²) in [5, 5.41) is 9.05. The molecule has 0 amide bonds. The Labute approximate surface area is 106 Å². The van der Waals surface area contributed by atoms with Crippen molar-refractivity contribution in [1.82, 2.24) is 0 Å². The predicted molar refractivity (Wildman–Crippen MR) is 70.4 cm³/mol. The highest BCUT2D eigenvalue weighted by molar-refractivity contribution is 5.78. The van der Waals surface area contributed by atoms with Crippen molar-refractivity contribution in [2.24, 2.45) is 5.92 Å². The maximum atomic E-state index is 11.0. The molecule has 1 aliphatic rings. The van der Waals surface area contributed by atoms with E-state index in [0.717, 1.165) is 23.1 Å². The maximum absolute atomic E-state index is 11.0. The van der Waals surface area contributed by atoms with Crippen molar-refractivity contribution in [3.8, 4) is 11.1 Å². The zero-order valence-corrected chi connectivity index (χ0v) is 9.91. The van der Waals surface area contributed by atoms with E-state index in [9.17, 15) is 4.79 Å². The molecule has 0 aromatic heterocycles. The van der Waals surface area contributed by atoms with E-state index in [1.54, 1.807) is 0 Å². The van der Waals surface area contributed by atoms with Crippen molar-refractivity contribution in [2.45, 2.75) is 12.3 Å². The summed E-state index contributed by atoms with van der Waals surface area (Å²) in [7, 11) is 0. The van der Waals surface area contributed by atoms with Crippen LogP contribution in [0.3, 0.4) is 0 Å². The Balaban J connectivity index is 2.00. The fourth-order valence-electron chi connectivity index (χ4n) is 2.51. The zero-order valence-electron chi connectivity index (χ0n) is 9.91. The first kappa shape index (κ1) is 11.0. The van der Waals surface area contributed by atoms with E-state index in [1.807, 2.05) is 30.3 Å². The summed E-state index contributed by atoms with van der Waals surface area (Å²) in [6, 6.07) is 18.2. The molecule has 0 heterocycles. The molecule has 0 spiro atoms. The van der Waals surface area contributed by atoms with Crippen LogP contribution in [0.25, 0.3) is 11.1 Å². The molecule has 1 saturated carbocycles. The highest BCUT2D eigenvalue weighted by atomic mass is 16.4. The Morgan fingerprint density at radius 1 is 1.00 bits per heavy atom. The molecule has 2 heteroatoms. The molecule has 1 N–H and O–H groups in total. The van der Waals surface area contributed by atoms with Crippen molar-refractivity contribution in [3.05, 3.63) is 60.2 Å². The molecule has 0 bridgehead atoms. The van der Waals surface area contributed by atoms with Gasteiger partial charge in [0.05, 0.1) is 5.92 Å². The maximum Gasteiger partial charge on any atom is 0.307 e. The highest BCUT2D eigenvalue weighted by Crippen LogP contribution is 2.50. The topological polar surface area (TPSA) is 37.3 Å². The Hall–Kier alpha value is -2.09. The van der Waals surface area contributed by atoms with Crippen LogP contribution in [0.4, 0.5) is 0 Å². The number of carbonyl (C=O) groups is 1. The fraction of sp³-hybridized carbons (Fsp3) is 0.188. The van der Waals surface area contributed by atoms with Gasteiger partial charge in [0, 0.05) is 0 Å². The molecule has 0 saturated heterocycles. The van der Waals surface area contributed by atoms with Gasteiger partial charge in [0.25, 0.3) is 0 Å². The summed E-state index contributed by atoms with van der Waals surface area (Å²) < 4.78 is 0. The first-order valence-electron chi connectivity index (χ1n) is 6.14. The van der Waals surface area contributed by atoms with Gasteiger partial charge in [0.15, 0.2) is 0 Å². The van der Waals surface area contributed by atoms with E-state index in [0.29, 0.717) is 0 Å². The van der Waals surface area contributed by atoms with E-state index in [4.69, 9.17) is 5.11 Å². The van der Waals surface area contributed by atoms with Crippen LogP contribution in [0.15, 0.2) is 54.6 Å². The van der Waals surface area contributed by atoms with Crippen LogP contribution in [0.5, 0.6) is 0 Å². The Morgan fingerprint density at radius 2 is 1.67 bits per heavy atom. The van der Waals surface area contributed by atoms with Crippen LogP contribution in [0, 0.1) is 5.92 Å². The van der Waals surface area contributed by atoms with Gasteiger partial charge in [-0.3, -0.25) is 4.79 Å². The third kappa shape index (κ3) is 1.90. The number of hydrogen-bond donors (Lipinski definition) is 1. The molecule has 1 fully saturated rings. The minimum Gasteiger partial charge on any atom is -0.481 e. The number of carboxylic acids is 1. The number of benzene rings is 2. The van der Waals surface area contributed by atoms with Gasteiger partial charge in [-0.15, -0.1) is 0 Å². The second-order valence-electron chi connectivity index (χ2n) is 4.74. The highest BCUT2D eigenvalue weighted by Gasteiger charge is 2.44. The van der Waals surface area contributed by atoms with E-state index in [2.05, 4.69) is 24.3 Å². The smallest absolute Gasteiger partial charge is 0.307 e. The largest absolute Gasteiger partial charge is 0.481 e. The van der Waals surface area contributed by atoms with Crippen molar-refractivity contribution in [1.29, 1.82) is 0 Å². The van der Waals surface area contributed by atoms with Crippen LogP contribution < -0.4 is 0 Å².